The highest BCUT2D eigenvalue weighted by atomic mass is 14.7. The Morgan fingerprint density at radius 2 is 1.32 bits per heavy atom. The van der Waals surface area contributed by atoms with Gasteiger partial charge in [-0.25, -0.2) is 0 Å². The zero-order chi connectivity index (χ0) is 13.5. The molecule has 2 nitrogen and oxygen atoms in total. The molecule has 2 aromatic rings. The summed E-state index contributed by atoms with van der Waals surface area (Å²) in [5.41, 5.74) is 8.42. The Kier molecular flexibility index (Phi) is 4.29. The van der Waals surface area contributed by atoms with Gasteiger partial charge in [0.2, 0.25) is 0 Å². The molecular weight excluding hydrogens is 232 g/mol. The Bertz CT molecular complexity index is 593. The predicted octanol–water partition coefficient (Wildman–Crippen LogP) is 3.70. The van der Waals surface area contributed by atoms with Crippen molar-refractivity contribution in [1.29, 1.82) is 5.41 Å². The molecule has 0 atom stereocenters. The molecule has 0 aromatic heterocycles. The number of nitrogens with two attached hydrogens (primary N) is 1. The maximum atomic E-state index is 7.32. The van der Waals surface area contributed by atoms with Crippen LogP contribution >= 0.6 is 0 Å². The van der Waals surface area contributed by atoms with Gasteiger partial charge in [0, 0.05) is 5.56 Å². The fourth-order valence-electron chi connectivity index (χ4n) is 1.67. The van der Waals surface area contributed by atoms with Gasteiger partial charge in [0.1, 0.15) is 5.84 Å². The molecule has 0 unspecified atom stereocenters. The van der Waals surface area contributed by atoms with E-state index in [2.05, 4.69) is 18.2 Å². The normalized spacial score (nSPS) is 11.2. The minimum atomic E-state index is 0.0968. The first-order chi connectivity index (χ1) is 9.25. The fraction of sp³-hybridized carbons (Fsp3) is 0. The Hall–Kier alpha value is -2.61. The van der Waals surface area contributed by atoms with Crippen molar-refractivity contribution in [2.75, 3.05) is 0 Å². The third-order valence-corrected chi connectivity index (χ3v) is 2.71. The van der Waals surface area contributed by atoms with Gasteiger partial charge in [-0.1, -0.05) is 78.9 Å². The van der Waals surface area contributed by atoms with E-state index >= 15 is 0 Å². The molecule has 0 radical (unpaired) electrons. The molecule has 0 aliphatic carbocycles. The van der Waals surface area contributed by atoms with Crippen LogP contribution in [-0.2, 0) is 0 Å². The van der Waals surface area contributed by atoms with Crippen LogP contribution in [0.4, 0.5) is 0 Å². The minimum Gasteiger partial charge on any atom is -0.384 e. The number of allylic oxidation sites excluding steroid dienone is 2. The van der Waals surface area contributed by atoms with E-state index in [-0.39, 0.29) is 5.84 Å². The molecule has 0 aliphatic heterocycles. The van der Waals surface area contributed by atoms with Crippen molar-refractivity contribution in [2.24, 2.45) is 5.73 Å². The first-order valence-corrected chi connectivity index (χ1v) is 6.10. The number of nitrogens with one attached hydrogen (secondary N) is 1. The van der Waals surface area contributed by atoms with Gasteiger partial charge in [0.25, 0.3) is 0 Å². The Balaban J connectivity index is 1.99. The monoisotopic (exact) mass is 248 g/mol. The van der Waals surface area contributed by atoms with Gasteiger partial charge >= 0.3 is 0 Å². The van der Waals surface area contributed by atoms with E-state index in [9.17, 15) is 0 Å². The van der Waals surface area contributed by atoms with E-state index in [0.717, 1.165) is 11.1 Å². The molecule has 0 aliphatic rings. The van der Waals surface area contributed by atoms with Crippen LogP contribution in [0.1, 0.15) is 16.7 Å². The third-order valence-electron chi connectivity index (χ3n) is 2.71. The standard InChI is InChI=1S/C17H16N2/c18-17(19)16-12-10-15(11-13-16)9-5-4-8-14-6-2-1-3-7-14/h1-13H,(H3,18,19). The van der Waals surface area contributed by atoms with Crippen LogP contribution in [0.3, 0.4) is 0 Å². The number of hydrogen-bond donors (Lipinski definition) is 2. The summed E-state index contributed by atoms with van der Waals surface area (Å²) in [4.78, 5) is 0. The second-order valence-electron chi connectivity index (χ2n) is 4.16. The third kappa shape index (κ3) is 3.96. The first kappa shape index (κ1) is 12.8. The minimum absolute atomic E-state index is 0.0968. The number of rotatable bonds is 4. The molecule has 94 valence electrons. The van der Waals surface area contributed by atoms with Crippen molar-refractivity contribution in [3.8, 4) is 0 Å². The summed E-state index contributed by atoms with van der Waals surface area (Å²) in [6, 6.07) is 17.8. The molecule has 0 bridgehead atoms. The number of hydrogen-bond acceptors (Lipinski definition) is 1. The van der Waals surface area contributed by atoms with Gasteiger partial charge in [-0.15, -0.1) is 0 Å². The second-order valence-corrected chi connectivity index (χ2v) is 4.16. The molecule has 0 heterocycles. The van der Waals surface area contributed by atoms with Crippen molar-refractivity contribution in [1.82, 2.24) is 0 Å². The van der Waals surface area contributed by atoms with Crippen molar-refractivity contribution >= 4 is 18.0 Å². The maximum Gasteiger partial charge on any atom is 0.122 e. The van der Waals surface area contributed by atoms with Gasteiger partial charge in [-0.2, -0.15) is 0 Å². The summed E-state index contributed by atoms with van der Waals surface area (Å²) >= 11 is 0. The Morgan fingerprint density at radius 3 is 1.84 bits per heavy atom. The summed E-state index contributed by atoms with van der Waals surface area (Å²) in [5.74, 6) is 0.0968. The van der Waals surface area contributed by atoms with Gasteiger partial charge in [-0.05, 0) is 11.1 Å². The summed E-state index contributed by atoms with van der Waals surface area (Å²) in [5, 5.41) is 7.32. The number of benzene rings is 2. The molecule has 2 heteroatoms. The summed E-state index contributed by atoms with van der Waals surface area (Å²) in [6.45, 7) is 0. The molecule has 2 rings (SSSR count). The Labute approximate surface area is 113 Å². The van der Waals surface area contributed by atoms with Crippen LogP contribution in [0.5, 0.6) is 0 Å². The average molecular weight is 248 g/mol. The highest BCUT2D eigenvalue weighted by Crippen LogP contribution is 2.06. The molecule has 3 N–H and O–H groups in total. The van der Waals surface area contributed by atoms with Crippen LogP contribution in [0.2, 0.25) is 0 Å². The molecule has 0 spiro atoms. The lowest BCUT2D eigenvalue weighted by atomic mass is 10.1. The topological polar surface area (TPSA) is 49.9 Å². The molecule has 0 fully saturated rings. The van der Waals surface area contributed by atoms with Crippen molar-refractivity contribution in [3.63, 3.8) is 0 Å². The zero-order valence-corrected chi connectivity index (χ0v) is 10.6. The number of amidine groups is 1. The lowest BCUT2D eigenvalue weighted by Gasteiger charge is -1.97. The first-order valence-electron chi connectivity index (χ1n) is 6.10. The summed E-state index contributed by atoms with van der Waals surface area (Å²) in [7, 11) is 0. The van der Waals surface area contributed by atoms with Gasteiger partial charge < -0.3 is 5.73 Å². The quantitative estimate of drug-likeness (QED) is 0.484. The second kappa shape index (κ2) is 6.36. The highest BCUT2D eigenvalue weighted by molar-refractivity contribution is 5.95. The zero-order valence-electron chi connectivity index (χ0n) is 10.6. The van der Waals surface area contributed by atoms with Crippen LogP contribution in [0.15, 0.2) is 66.7 Å². The lowest BCUT2D eigenvalue weighted by molar-refractivity contribution is 1.42. The lowest BCUT2D eigenvalue weighted by Crippen LogP contribution is -2.10. The largest absolute Gasteiger partial charge is 0.384 e. The molecule has 0 saturated heterocycles. The molecule has 0 saturated carbocycles. The smallest absolute Gasteiger partial charge is 0.122 e. The van der Waals surface area contributed by atoms with E-state index in [4.69, 9.17) is 11.1 Å². The molecule has 19 heavy (non-hydrogen) atoms. The van der Waals surface area contributed by atoms with E-state index in [1.807, 2.05) is 60.7 Å². The van der Waals surface area contributed by atoms with Gasteiger partial charge in [0.05, 0.1) is 0 Å². The van der Waals surface area contributed by atoms with Crippen molar-refractivity contribution in [3.05, 3.63) is 83.4 Å². The van der Waals surface area contributed by atoms with E-state index in [0.29, 0.717) is 0 Å². The molecule has 0 amide bonds. The van der Waals surface area contributed by atoms with Gasteiger partial charge in [0.15, 0.2) is 0 Å². The summed E-state index contributed by atoms with van der Waals surface area (Å²) < 4.78 is 0. The fourth-order valence-corrected chi connectivity index (χ4v) is 1.67. The van der Waals surface area contributed by atoms with Crippen molar-refractivity contribution in [2.45, 2.75) is 0 Å². The van der Waals surface area contributed by atoms with Crippen LogP contribution in [0, 0.1) is 5.41 Å². The van der Waals surface area contributed by atoms with Crippen LogP contribution in [-0.4, -0.2) is 5.84 Å². The molecular formula is C17H16N2. The average Bonchev–Trinajstić information content (AvgIpc) is 2.45. The van der Waals surface area contributed by atoms with E-state index < -0.39 is 0 Å². The SMILES string of the molecule is N=C(N)c1ccc(C=CC=Cc2ccccc2)cc1. The van der Waals surface area contributed by atoms with Gasteiger partial charge in [-0.3, -0.25) is 5.41 Å². The van der Waals surface area contributed by atoms with Crippen molar-refractivity contribution < 1.29 is 0 Å². The van der Waals surface area contributed by atoms with Crippen LogP contribution in [0.25, 0.3) is 12.2 Å². The Morgan fingerprint density at radius 1 is 0.789 bits per heavy atom. The maximum absolute atomic E-state index is 7.32. The van der Waals surface area contributed by atoms with E-state index in [1.165, 1.54) is 5.56 Å². The van der Waals surface area contributed by atoms with Crippen LogP contribution < -0.4 is 5.73 Å². The number of nitrogen functional groups attached to an aromatic ring is 1. The molecule has 2 aromatic carbocycles. The summed E-state index contributed by atoms with van der Waals surface area (Å²) in [6.07, 6.45) is 8.08. The predicted molar refractivity (Wildman–Crippen MR) is 82.0 cm³/mol. The highest BCUT2D eigenvalue weighted by Gasteiger charge is 1.93. The van der Waals surface area contributed by atoms with E-state index in [1.54, 1.807) is 0 Å².